The lowest BCUT2D eigenvalue weighted by Gasteiger charge is -2.11. The first-order valence-electron chi connectivity index (χ1n) is 12.4. The minimum Gasteiger partial charge on any atom is -0.486 e. The number of ether oxygens (including phenoxy) is 1. The van der Waals surface area contributed by atoms with Crippen molar-refractivity contribution in [1.29, 1.82) is 0 Å². The van der Waals surface area contributed by atoms with Crippen LogP contribution < -0.4 is 15.5 Å². The molecule has 1 amide bonds. The molecule has 2 N–H and O–H groups in total. The number of hydrogen-bond acceptors (Lipinski definition) is 6. The maximum absolute atomic E-state index is 12.6. The number of hydrogen-bond donors (Lipinski definition) is 2. The normalized spacial score (nSPS) is 11.0. The molecule has 10 heteroatoms. The molecule has 206 valence electrons. The Hall–Kier alpha value is -3.88. The number of aromatic nitrogens is 1. The number of carbonyl (C=O) groups excluding carboxylic acids is 1. The van der Waals surface area contributed by atoms with E-state index in [0.29, 0.717) is 38.6 Å². The smallest absolute Gasteiger partial charge is 0.271 e. The van der Waals surface area contributed by atoms with Crippen LogP contribution in [0.3, 0.4) is 0 Å². The largest absolute Gasteiger partial charge is 0.486 e. The summed E-state index contributed by atoms with van der Waals surface area (Å²) in [6, 6.07) is 25.9. The number of anilines is 2. The van der Waals surface area contributed by atoms with Gasteiger partial charge in [-0.15, -0.1) is 11.3 Å². The Bertz CT molecular complexity index is 1660. The molecule has 5 rings (SSSR count). The quantitative estimate of drug-likeness (QED) is 0.127. The van der Waals surface area contributed by atoms with Gasteiger partial charge in [0.2, 0.25) is 0 Å². The van der Waals surface area contributed by atoms with Gasteiger partial charge in [0.15, 0.2) is 10.9 Å². The molecule has 0 aliphatic rings. The van der Waals surface area contributed by atoms with Crippen molar-refractivity contribution in [3.63, 3.8) is 0 Å². The van der Waals surface area contributed by atoms with E-state index in [-0.39, 0.29) is 5.91 Å². The van der Waals surface area contributed by atoms with Gasteiger partial charge < -0.3 is 10.1 Å². The minimum atomic E-state index is -0.355. The first kappa shape index (κ1) is 28.6. The highest BCUT2D eigenvalue weighted by Gasteiger charge is 2.11. The van der Waals surface area contributed by atoms with Crippen molar-refractivity contribution < 1.29 is 9.53 Å². The molecule has 0 bridgehead atoms. The number of nitrogens with one attached hydrogen (secondary N) is 2. The van der Waals surface area contributed by atoms with Crippen LogP contribution in [0.5, 0.6) is 5.75 Å². The number of halogens is 3. The molecule has 0 unspecified atom stereocenters. The highest BCUT2D eigenvalue weighted by atomic mass is 35.5. The van der Waals surface area contributed by atoms with Gasteiger partial charge >= 0.3 is 0 Å². The summed E-state index contributed by atoms with van der Waals surface area (Å²) in [6.45, 7) is 2.37. The highest BCUT2D eigenvalue weighted by molar-refractivity contribution is 7.14. The molecule has 1 aromatic heterocycles. The zero-order valence-electron chi connectivity index (χ0n) is 21.7. The Balaban J connectivity index is 1.16. The molecular weight excluding hydrogens is 599 g/mol. The molecule has 1 heterocycles. The molecule has 0 spiro atoms. The molecule has 0 fully saturated rings. The van der Waals surface area contributed by atoms with E-state index in [4.69, 9.17) is 39.5 Å². The predicted molar refractivity (Wildman–Crippen MR) is 169 cm³/mol. The second kappa shape index (κ2) is 13.2. The molecule has 0 saturated heterocycles. The van der Waals surface area contributed by atoms with Crippen LogP contribution in [0.4, 0.5) is 10.8 Å². The monoisotopic (exact) mass is 620 g/mol. The predicted octanol–water partition coefficient (Wildman–Crippen LogP) is 9.17. The summed E-state index contributed by atoms with van der Waals surface area (Å²) in [5.74, 6) is 0.0367. The van der Waals surface area contributed by atoms with Crippen LogP contribution in [0.25, 0.3) is 11.3 Å². The van der Waals surface area contributed by atoms with E-state index in [9.17, 15) is 4.79 Å². The lowest BCUT2D eigenvalue weighted by atomic mass is 10.1. The number of hydrazone groups is 1. The Morgan fingerprint density at radius 1 is 0.951 bits per heavy atom. The number of thiazole rings is 1. The van der Waals surface area contributed by atoms with Crippen molar-refractivity contribution in [3.05, 3.63) is 128 Å². The maximum atomic E-state index is 12.6. The highest BCUT2D eigenvalue weighted by Crippen LogP contribution is 2.34. The molecule has 0 aliphatic heterocycles. The van der Waals surface area contributed by atoms with E-state index in [0.717, 1.165) is 27.6 Å². The van der Waals surface area contributed by atoms with Crippen molar-refractivity contribution in [2.75, 3.05) is 5.32 Å². The first-order chi connectivity index (χ1) is 19.8. The number of amides is 1. The summed E-state index contributed by atoms with van der Waals surface area (Å²) < 4.78 is 5.83. The SMILES string of the molecule is Cc1ccc(COc2c(Cl)cc(/C=N\NC(=O)c3ccc(-c4csc(Nc5ccc(Cl)cc5)n4)cc3)cc2Cl)cc1. The molecular formula is C31H23Cl3N4O2S. The van der Waals surface area contributed by atoms with Crippen LogP contribution in [0.15, 0.2) is 95.4 Å². The number of rotatable bonds is 9. The average molecular weight is 622 g/mol. The van der Waals surface area contributed by atoms with E-state index in [1.165, 1.54) is 23.1 Å². The Labute approximate surface area is 256 Å². The average Bonchev–Trinajstić information content (AvgIpc) is 3.43. The van der Waals surface area contributed by atoms with Crippen LogP contribution in [-0.4, -0.2) is 17.1 Å². The summed E-state index contributed by atoms with van der Waals surface area (Å²) in [5, 5.41) is 11.4. The summed E-state index contributed by atoms with van der Waals surface area (Å²) in [7, 11) is 0. The van der Waals surface area contributed by atoms with Gasteiger partial charge in [-0.2, -0.15) is 5.10 Å². The number of carbonyl (C=O) groups is 1. The summed E-state index contributed by atoms with van der Waals surface area (Å²) in [4.78, 5) is 17.2. The van der Waals surface area contributed by atoms with E-state index in [2.05, 4.69) is 20.8 Å². The van der Waals surface area contributed by atoms with Gasteiger partial charge in [0.25, 0.3) is 5.91 Å². The van der Waals surface area contributed by atoms with E-state index in [1.807, 2.05) is 73.0 Å². The molecule has 0 saturated carbocycles. The van der Waals surface area contributed by atoms with Crippen molar-refractivity contribution in [1.82, 2.24) is 10.4 Å². The van der Waals surface area contributed by atoms with Crippen molar-refractivity contribution in [2.45, 2.75) is 13.5 Å². The van der Waals surface area contributed by atoms with E-state index in [1.54, 1.807) is 24.3 Å². The lowest BCUT2D eigenvalue weighted by Crippen LogP contribution is -2.17. The summed E-state index contributed by atoms with van der Waals surface area (Å²) >= 11 is 20.2. The van der Waals surface area contributed by atoms with Crippen molar-refractivity contribution in [2.24, 2.45) is 5.10 Å². The fourth-order valence-electron chi connectivity index (χ4n) is 3.77. The van der Waals surface area contributed by atoms with E-state index < -0.39 is 0 Å². The van der Waals surface area contributed by atoms with Crippen LogP contribution in [0, 0.1) is 6.92 Å². The lowest BCUT2D eigenvalue weighted by molar-refractivity contribution is 0.0955. The standard InChI is InChI=1S/C31H23Cl3N4O2S/c1-19-2-4-20(5-3-19)17-40-29-26(33)14-21(15-27(29)34)16-35-38-30(39)23-8-6-22(7-9-23)28-18-41-31(37-28)36-25-12-10-24(32)11-13-25/h2-16,18H,17H2,1H3,(H,36,37)(H,38,39)/b35-16-. The zero-order chi connectivity index (χ0) is 28.8. The Morgan fingerprint density at radius 2 is 1.63 bits per heavy atom. The van der Waals surface area contributed by atoms with Crippen molar-refractivity contribution >= 4 is 69.1 Å². The topological polar surface area (TPSA) is 75.6 Å². The maximum Gasteiger partial charge on any atom is 0.271 e. The van der Waals surface area contributed by atoms with Gasteiger partial charge in [0.1, 0.15) is 6.61 Å². The number of nitrogens with zero attached hydrogens (tertiary/aromatic N) is 2. The number of aryl methyl sites for hydroxylation is 1. The van der Waals surface area contributed by atoms with Gasteiger partial charge in [-0.05, 0) is 66.6 Å². The number of benzene rings is 4. The Kier molecular flexibility index (Phi) is 9.21. The third-order valence-corrected chi connectivity index (χ3v) is 7.52. The second-order valence-corrected chi connectivity index (χ2v) is 11.1. The van der Waals surface area contributed by atoms with E-state index >= 15 is 0 Å². The first-order valence-corrected chi connectivity index (χ1v) is 14.4. The second-order valence-electron chi connectivity index (χ2n) is 9.03. The third-order valence-electron chi connectivity index (χ3n) is 5.95. The molecule has 5 aromatic rings. The van der Waals surface area contributed by atoms with Gasteiger partial charge in [-0.1, -0.05) is 76.8 Å². The van der Waals surface area contributed by atoms with Crippen LogP contribution in [0.1, 0.15) is 27.0 Å². The zero-order valence-corrected chi connectivity index (χ0v) is 24.8. The molecule has 4 aromatic carbocycles. The van der Waals surface area contributed by atoms with Gasteiger partial charge in [0.05, 0.1) is 22.0 Å². The molecule has 0 atom stereocenters. The molecule has 0 radical (unpaired) electrons. The van der Waals surface area contributed by atoms with Gasteiger partial charge in [-0.3, -0.25) is 4.79 Å². The summed E-state index contributed by atoms with van der Waals surface area (Å²) in [5.41, 5.74) is 8.36. The molecule has 41 heavy (non-hydrogen) atoms. The van der Waals surface area contributed by atoms with Gasteiger partial charge in [-0.25, -0.2) is 10.4 Å². The molecule has 6 nitrogen and oxygen atoms in total. The molecule has 0 aliphatic carbocycles. The Morgan fingerprint density at radius 3 is 2.32 bits per heavy atom. The fraction of sp³-hybridized carbons (Fsp3) is 0.0645. The minimum absolute atomic E-state index is 0.339. The van der Waals surface area contributed by atoms with Crippen LogP contribution >= 0.6 is 46.1 Å². The third kappa shape index (κ3) is 7.65. The van der Waals surface area contributed by atoms with Crippen LogP contribution in [0.2, 0.25) is 15.1 Å². The van der Waals surface area contributed by atoms with Gasteiger partial charge in [0, 0.05) is 27.2 Å². The van der Waals surface area contributed by atoms with Crippen molar-refractivity contribution in [3.8, 4) is 17.0 Å². The summed E-state index contributed by atoms with van der Waals surface area (Å²) in [6.07, 6.45) is 1.47. The van der Waals surface area contributed by atoms with Crippen LogP contribution in [-0.2, 0) is 6.61 Å². The fourth-order valence-corrected chi connectivity index (χ4v) is 5.25.